The van der Waals surface area contributed by atoms with Crippen molar-refractivity contribution < 1.29 is 0 Å². The maximum Gasteiger partial charge on any atom is 0.0893 e. The predicted molar refractivity (Wildman–Crippen MR) is 292 cm³/mol. The van der Waals surface area contributed by atoms with E-state index in [0.29, 0.717) is 0 Å². The molecule has 0 aliphatic rings. The summed E-state index contributed by atoms with van der Waals surface area (Å²) in [6, 6.07) is 76.8. The van der Waals surface area contributed by atoms with Crippen molar-refractivity contribution in [2.45, 2.75) is 27.7 Å². The van der Waals surface area contributed by atoms with Gasteiger partial charge in [-0.2, -0.15) is 0 Å². The Morgan fingerprint density at radius 1 is 0.214 bits per heavy atom. The minimum Gasteiger partial charge on any atom is -0.255 e. The number of benzene rings is 7. The van der Waals surface area contributed by atoms with Crippen LogP contribution in [0.5, 0.6) is 0 Å². The third-order valence-corrected chi connectivity index (χ3v) is 12.6. The lowest BCUT2D eigenvalue weighted by Gasteiger charge is -2.15. The smallest absolute Gasteiger partial charge is 0.0893 e. The van der Waals surface area contributed by atoms with E-state index < -0.39 is 0 Å². The lowest BCUT2D eigenvalue weighted by Crippen LogP contribution is -1.95. The van der Waals surface area contributed by atoms with Crippen molar-refractivity contribution in [3.05, 3.63) is 265 Å². The van der Waals surface area contributed by atoms with Crippen LogP contribution in [0, 0.1) is 27.7 Å². The second-order valence-electron chi connectivity index (χ2n) is 17.9. The van der Waals surface area contributed by atoms with Gasteiger partial charge in [0.15, 0.2) is 0 Å². The average molecular weight is 901 g/mol. The summed E-state index contributed by atoms with van der Waals surface area (Å²) in [5.41, 5.74) is 24.7. The lowest BCUT2D eigenvalue weighted by atomic mass is 9.93. The molecule has 4 nitrogen and oxygen atoms in total. The van der Waals surface area contributed by atoms with Gasteiger partial charge in [-0.05, 0) is 137 Å². The maximum atomic E-state index is 4.93. The zero-order valence-corrected chi connectivity index (χ0v) is 39.9. The molecule has 0 bridgehead atoms. The van der Waals surface area contributed by atoms with E-state index in [-0.39, 0.29) is 0 Å². The minimum absolute atomic E-state index is 0.855. The number of pyridine rings is 4. The van der Waals surface area contributed by atoms with Crippen LogP contribution in [0.15, 0.2) is 243 Å². The van der Waals surface area contributed by atoms with Crippen LogP contribution in [0.1, 0.15) is 22.3 Å². The number of hydrogen-bond acceptors (Lipinski definition) is 4. The first kappa shape index (κ1) is 44.9. The number of aromatic nitrogens is 4. The Labute approximate surface area is 411 Å². The van der Waals surface area contributed by atoms with Crippen LogP contribution < -0.4 is 0 Å². The van der Waals surface area contributed by atoms with Gasteiger partial charge in [0.1, 0.15) is 0 Å². The highest BCUT2D eigenvalue weighted by Gasteiger charge is 2.16. The first-order valence-electron chi connectivity index (χ1n) is 23.7. The average Bonchev–Trinajstić information content (AvgIpc) is 3.42. The molecule has 0 unspecified atom stereocenters. The van der Waals surface area contributed by atoms with Gasteiger partial charge < -0.3 is 0 Å². The van der Waals surface area contributed by atoms with Gasteiger partial charge in [0.05, 0.1) is 22.8 Å². The highest BCUT2D eigenvalue weighted by atomic mass is 14.8. The maximum absolute atomic E-state index is 4.93. The molecule has 336 valence electrons. The van der Waals surface area contributed by atoms with Gasteiger partial charge >= 0.3 is 0 Å². The highest BCUT2D eigenvalue weighted by Crippen LogP contribution is 2.38. The molecule has 0 aliphatic carbocycles. The lowest BCUT2D eigenvalue weighted by molar-refractivity contribution is 1.25. The van der Waals surface area contributed by atoms with E-state index in [1.807, 2.05) is 42.9 Å². The fraction of sp³-hybridized carbons (Fsp3) is 0.0606. The molecule has 0 aliphatic heterocycles. The SMILES string of the molecule is Cc1ccc(-c2cc(-c3ccc(C)cc3)cc(-c3ccc(-c4ccccn4)nc3)c2)cc1.Cc1cccc(-c2cnc(-c3cc(-c4ccccc4)c(-c4cccc(C)c4)cn3)cc2-c2ccccc2)c1. The summed E-state index contributed by atoms with van der Waals surface area (Å²) in [6.45, 7) is 8.48. The monoisotopic (exact) mass is 900 g/mol. The molecular formula is C66H52N4. The molecule has 70 heavy (non-hydrogen) atoms. The molecule has 0 saturated carbocycles. The Morgan fingerprint density at radius 3 is 1.06 bits per heavy atom. The molecule has 7 aromatic carbocycles. The molecule has 11 aromatic rings. The number of rotatable bonds is 9. The zero-order chi connectivity index (χ0) is 47.8. The van der Waals surface area contributed by atoms with E-state index >= 15 is 0 Å². The van der Waals surface area contributed by atoms with Gasteiger partial charge in [0.2, 0.25) is 0 Å². The Morgan fingerprint density at radius 2 is 0.629 bits per heavy atom. The molecule has 4 heterocycles. The summed E-state index contributed by atoms with van der Waals surface area (Å²) in [4.78, 5) is 19.0. The van der Waals surface area contributed by atoms with Gasteiger partial charge in [0, 0.05) is 41.5 Å². The van der Waals surface area contributed by atoms with Crippen molar-refractivity contribution in [2.75, 3.05) is 0 Å². The molecule has 0 saturated heterocycles. The normalized spacial score (nSPS) is 10.9. The zero-order valence-electron chi connectivity index (χ0n) is 39.9. The third-order valence-electron chi connectivity index (χ3n) is 12.6. The second-order valence-corrected chi connectivity index (χ2v) is 17.9. The summed E-state index contributed by atoms with van der Waals surface area (Å²) in [7, 11) is 0. The number of hydrogen-bond donors (Lipinski definition) is 0. The highest BCUT2D eigenvalue weighted by molar-refractivity contribution is 5.88. The summed E-state index contributed by atoms with van der Waals surface area (Å²) in [5, 5.41) is 0. The van der Waals surface area contributed by atoms with Crippen molar-refractivity contribution in [1.82, 2.24) is 19.9 Å². The van der Waals surface area contributed by atoms with Crippen molar-refractivity contribution in [1.29, 1.82) is 0 Å². The Balaban J connectivity index is 0.000000165. The summed E-state index contributed by atoms with van der Waals surface area (Å²) < 4.78 is 0. The number of aryl methyl sites for hydroxylation is 4. The fourth-order valence-electron chi connectivity index (χ4n) is 8.84. The van der Waals surface area contributed by atoms with Gasteiger partial charge in [0.25, 0.3) is 0 Å². The van der Waals surface area contributed by atoms with Crippen LogP contribution in [0.3, 0.4) is 0 Å². The first-order chi connectivity index (χ1) is 34.3. The molecule has 0 N–H and O–H groups in total. The van der Waals surface area contributed by atoms with E-state index in [1.165, 1.54) is 44.5 Å². The predicted octanol–water partition coefficient (Wildman–Crippen LogP) is 17.2. The van der Waals surface area contributed by atoms with Crippen LogP contribution in [-0.2, 0) is 0 Å². The van der Waals surface area contributed by atoms with Gasteiger partial charge in [-0.3, -0.25) is 19.9 Å². The van der Waals surface area contributed by atoms with E-state index in [9.17, 15) is 0 Å². The van der Waals surface area contributed by atoms with Crippen molar-refractivity contribution in [3.63, 3.8) is 0 Å². The molecule has 0 amide bonds. The quantitative estimate of drug-likeness (QED) is 0.145. The minimum atomic E-state index is 0.855. The Hall–Kier alpha value is -8.86. The second kappa shape index (κ2) is 20.6. The number of nitrogens with zero attached hydrogens (tertiary/aromatic N) is 4. The molecular weight excluding hydrogens is 849 g/mol. The Kier molecular flexibility index (Phi) is 13.2. The molecule has 4 heteroatoms. The van der Waals surface area contributed by atoms with Gasteiger partial charge in [-0.15, -0.1) is 0 Å². The van der Waals surface area contributed by atoms with Crippen molar-refractivity contribution >= 4 is 0 Å². The third kappa shape index (κ3) is 10.3. The summed E-state index contributed by atoms with van der Waals surface area (Å²) in [6.07, 6.45) is 7.72. The van der Waals surface area contributed by atoms with E-state index in [1.54, 1.807) is 6.20 Å². The van der Waals surface area contributed by atoms with E-state index in [4.69, 9.17) is 15.0 Å². The van der Waals surface area contributed by atoms with Crippen LogP contribution in [0.2, 0.25) is 0 Å². The van der Waals surface area contributed by atoms with E-state index in [2.05, 4.69) is 227 Å². The molecule has 0 fully saturated rings. The molecule has 0 radical (unpaired) electrons. The van der Waals surface area contributed by atoms with Gasteiger partial charge in [-0.1, -0.05) is 192 Å². The van der Waals surface area contributed by atoms with Crippen LogP contribution >= 0.6 is 0 Å². The molecule has 4 aromatic heterocycles. The Bertz CT molecular complexity index is 3340. The summed E-state index contributed by atoms with van der Waals surface area (Å²) >= 11 is 0. The molecule has 0 spiro atoms. The topological polar surface area (TPSA) is 51.6 Å². The van der Waals surface area contributed by atoms with Crippen LogP contribution in [0.4, 0.5) is 0 Å². The fourth-order valence-corrected chi connectivity index (χ4v) is 8.84. The first-order valence-corrected chi connectivity index (χ1v) is 23.7. The van der Waals surface area contributed by atoms with Crippen LogP contribution in [-0.4, -0.2) is 19.9 Å². The van der Waals surface area contributed by atoms with E-state index in [0.717, 1.165) is 78.4 Å². The standard InChI is InChI=1S/C36H28N2.C30H24N2/c1-25-11-9-17-29(19-25)33-23-37-35(21-31(33)27-13-5-3-6-14-27)36-22-32(28-15-7-4-8-16-28)34(24-38-36)30-18-10-12-26(2)20-30;1-21-6-10-23(11-7-21)26-17-27(24-12-8-22(2)9-13-24)19-28(18-26)25-14-15-30(32-20-25)29-5-3-4-16-31-29/h3-24H,1-2H3;3-20H,1-2H3. The van der Waals surface area contributed by atoms with Crippen LogP contribution in [0.25, 0.3) is 101 Å². The van der Waals surface area contributed by atoms with Crippen molar-refractivity contribution in [3.8, 4) is 101 Å². The summed E-state index contributed by atoms with van der Waals surface area (Å²) in [5.74, 6) is 0. The van der Waals surface area contributed by atoms with Gasteiger partial charge in [-0.25, -0.2) is 0 Å². The molecule has 0 atom stereocenters. The molecule has 11 rings (SSSR count). The largest absolute Gasteiger partial charge is 0.255 e. The van der Waals surface area contributed by atoms with Crippen molar-refractivity contribution in [2.24, 2.45) is 0 Å².